The molecule has 1 aliphatic heterocycles. The fourth-order valence-electron chi connectivity index (χ4n) is 2.36. The zero-order valence-electron chi connectivity index (χ0n) is 11.4. The standard InChI is InChI=1S/C13H15N3O5/c1-8-6-9(2-3-10(8)16(20)21)11(17)15-5-4-13(14,7-15)12(18)19/h2-3,6H,4-5,7,14H2,1H3,(H,18,19). The van der Waals surface area contributed by atoms with E-state index >= 15 is 0 Å². The fraction of sp³-hybridized carbons (Fsp3) is 0.385. The smallest absolute Gasteiger partial charge is 0.325 e. The van der Waals surface area contributed by atoms with E-state index in [2.05, 4.69) is 0 Å². The van der Waals surface area contributed by atoms with E-state index in [1.807, 2.05) is 0 Å². The normalized spacial score (nSPS) is 21.3. The summed E-state index contributed by atoms with van der Waals surface area (Å²) in [6, 6.07) is 4.06. The Bertz CT molecular complexity index is 630. The number of aliphatic carboxylic acids is 1. The van der Waals surface area contributed by atoms with Crippen LogP contribution in [0.5, 0.6) is 0 Å². The summed E-state index contributed by atoms with van der Waals surface area (Å²) in [4.78, 5) is 34.9. The summed E-state index contributed by atoms with van der Waals surface area (Å²) in [5, 5.41) is 19.8. The molecule has 0 saturated carbocycles. The van der Waals surface area contributed by atoms with Gasteiger partial charge in [-0.1, -0.05) is 0 Å². The molecule has 112 valence electrons. The van der Waals surface area contributed by atoms with Crippen LogP contribution in [0.25, 0.3) is 0 Å². The molecule has 1 aromatic rings. The molecule has 3 N–H and O–H groups in total. The Kier molecular flexibility index (Phi) is 3.65. The predicted molar refractivity (Wildman–Crippen MR) is 72.9 cm³/mol. The molecule has 8 heteroatoms. The molecule has 0 spiro atoms. The fourth-order valence-corrected chi connectivity index (χ4v) is 2.36. The number of hydrogen-bond donors (Lipinski definition) is 2. The Morgan fingerprint density at radius 2 is 2.14 bits per heavy atom. The van der Waals surface area contributed by atoms with Crippen LogP contribution in [-0.2, 0) is 4.79 Å². The number of nitrogens with two attached hydrogens (primary N) is 1. The number of carboxylic acid groups (broad SMARTS) is 1. The molecule has 1 unspecified atom stereocenters. The molecule has 1 atom stereocenters. The zero-order chi connectivity index (χ0) is 15.8. The van der Waals surface area contributed by atoms with E-state index < -0.39 is 16.4 Å². The van der Waals surface area contributed by atoms with Crippen LogP contribution < -0.4 is 5.73 Å². The maximum Gasteiger partial charge on any atom is 0.325 e. The second kappa shape index (κ2) is 5.13. The highest BCUT2D eigenvalue weighted by molar-refractivity contribution is 5.96. The van der Waals surface area contributed by atoms with E-state index in [9.17, 15) is 19.7 Å². The van der Waals surface area contributed by atoms with E-state index in [0.717, 1.165) is 0 Å². The van der Waals surface area contributed by atoms with Crippen molar-refractivity contribution in [1.29, 1.82) is 0 Å². The molecule has 8 nitrogen and oxygen atoms in total. The first-order valence-corrected chi connectivity index (χ1v) is 6.31. The number of aryl methyl sites for hydroxylation is 1. The summed E-state index contributed by atoms with van der Waals surface area (Å²) >= 11 is 0. The average molecular weight is 293 g/mol. The van der Waals surface area contributed by atoms with Gasteiger partial charge in [0, 0.05) is 30.3 Å². The minimum Gasteiger partial charge on any atom is -0.480 e. The number of nitro benzene ring substituents is 1. The molecule has 2 rings (SSSR count). The molecule has 1 aliphatic rings. The molecule has 1 heterocycles. The van der Waals surface area contributed by atoms with Crippen molar-refractivity contribution in [2.75, 3.05) is 13.1 Å². The Labute approximate surface area is 120 Å². The molecule has 0 radical (unpaired) electrons. The van der Waals surface area contributed by atoms with Crippen molar-refractivity contribution in [3.8, 4) is 0 Å². The Balaban J connectivity index is 2.20. The highest BCUT2D eigenvalue weighted by Gasteiger charge is 2.43. The van der Waals surface area contributed by atoms with Crippen LogP contribution in [0, 0.1) is 17.0 Å². The number of amides is 1. The molecule has 1 amide bonds. The van der Waals surface area contributed by atoms with Crippen molar-refractivity contribution in [3.05, 3.63) is 39.4 Å². The molecule has 1 saturated heterocycles. The number of hydrogen-bond acceptors (Lipinski definition) is 5. The molecular formula is C13H15N3O5. The van der Waals surface area contributed by atoms with Crippen molar-refractivity contribution < 1.29 is 19.6 Å². The lowest BCUT2D eigenvalue weighted by Crippen LogP contribution is -2.50. The molecule has 0 aromatic heterocycles. The summed E-state index contributed by atoms with van der Waals surface area (Å²) in [5.74, 6) is -1.51. The predicted octanol–water partition coefficient (Wildman–Crippen LogP) is 0.531. The van der Waals surface area contributed by atoms with Gasteiger partial charge in [0.2, 0.25) is 0 Å². The van der Waals surface area contributed by atoms with Gasteiger partial charge in [-0.15, -0.1) is 0 Å². The van der Waals surface area contributed by atoms with Crippen molar-refractivity contribution in [2.24, 2.45) is 5.73 Å². The minimum absolute atomic E-state index is 0.0633. The lowest BCUT2D eigenvalue weighted by atomic mass is 10.0. The van der Waals surface area contributed by atoms with Gasteiger partial charge in [-0.25, -0.2) is 0 Å². The monoisotopic (exact) mass is 293 g/mol. The first-order valence-electron chi connectivity index (χ1n) is 6.31. The highest BCUT2D eigenvalue weighted by Crippen LogP contribution is 2.24. The first kappa shape index (κ1) is 14.9. The number of nitro groups is 1. The van der Waals surface area contributed by atoms with Crippen LogP contribution in [-0.4, -0.2) is 45.4 Å². The maximum atomic E-state index is 12.3. The van der Waals surface area contributed by atoms with Gasteiger partial charge in [-0.05, 0) is 25.5 Å². The number of nitrogens with zero attached hydrogens (tertiary/aromatic N) is 2. The number of carboxylic acids is 1. The average Bonchev–Trinajstić information content (AvgIpc) is 2.81. The maximum absolute atomic E-state index is 12.3. The third-order valence-electron chi connectivity index (χ3n) is 3.65. The second-order valence-corrected chi connectivity index (χ2v) is 5.20. The van der Waals surface area contributed by atoms with Gasteiger partial charge in [0.1, 0.15) is 5.54 Å². The SMILES string of the molecule is Cc1cc(C(=O)N2CCC(N)(C(=O)O)C2)ccc1[N+](=O)[O-]. The minimum atomic E-state index is -1.43. The molecule has 0 bridgehead atoms. The molecule has 0 aliphatic carbocycles. The first-order chi connectivity index (χ1) is 9.74. The molecule has 1 aromatic carbocycles. The van der Waals surface area contributed by atoms with E-state index in [0.29, 0.717) is 5.56 Å². The van der Waals surface area contributed by atoms with Crippen molar-refractivity contribution in [1.82, 2.24) is 4.90 Å². The van der Waals surface area contributed by atoms with Crippen LogP contribution >= 0.6 is 0 Å². The van der Waals surface area contributed by atoms with Crippen LogP contribution in [0.4, 0.5) is 5.69 Å². The van der Waals surface area contributed by atoms with Crippen LogP contribution in [0.15, 0.2) is 18.2 Å². The number of likely N-dealkylation sites (tertiary alicyclic amines) is 1. The van der Waals surface area contributed by atoms with Crippen LogP contribution in [0.1, 0.15) is 22.3 Å². The summed E-state index contributed by atoms with van der Waals surface area (Å²) in [6.07, 6.45) is 0.181. The van der Waals surface area contributed by atoms with Crippen molar-refractivity contribution in [3.63, 3.8) is 0 Å². The third kappa shape index (κ3) is 2.70. The summed E-state index contributed by atoms with van der Waals surface area (Å²) < 4.78 is 0. The Morgan fingerprint density at radius 3 is 2.62 bits per heavy atom. The van der Waals surface area contributed by atoms with Crippen LogP contribution in [0.3, 0.4) is 0 Å². The largest absolute Gasteiger partial charge is 0.480 e. The zero-order valence-corrected chi connectivity index (χ0v) is 11.4. The number of carbonyl (C=O) groups excluding carboxylic acids is 1. The molecule has 1 fully saturated rings. The van der Waals surface area contributed by atoms with E-state index in [1.54, 1.807) is 6.92 Å². The quantitative estimate of drug-likeness (QED) is 0.618. The number of carbonyl (C=O) groups is 2. The van der Waals surface area contributed by atoms with Gasteiger partial charge in [0.15, 0.2) is 0 Å². The Hall–Kier alpha value is -2.48. The number of rotatable bonds is 3. The van der Waals surface area contributed by atoms with E-state index in [1.165, 1.54) is 23.1 Å². The lowest BCUT2D eigenvalue weighted by Gasteiger charge is -2.20. The number of benzene rings is 1. The summed E-state index contributed by atoms with van der Waals surface area (Å²) in [7, 11) is 0. The second-order valence-electron chi connectivity index (χ2n) is 5.20. The summed E-state index contributed by atoms with van der Waals surface area (Å²) in [6.45, 7) is 1.72. The van der Waals surface area contributed by atoms with Gasteiger partial charge in [-0.3, -0.25) is 19.7 Å². The van der Waals surface area contributed by atoms with Gasteiger partial charge in [0.25, 0.3) is 11.6 Å². The molecular weight excluding hydrogens is 278 g/mol. The van der Waals surface area contributed by atoms with E-state index in [4.69, 9.17) is 10.8 Å². The van der Waals surface area contributed by atoms with Crippen molar-refractivity contribution in [2.45, 2.75) is 18.9 Å². The Morgan fingerprint density at radius 1 is 1.48 bits per heavy atom. The highest BCUT2D eigenvalue weighted by atomic mass is 16.6. The van der Waals surface area contributed by atoms with Gasteiger partial charge in [0.05, 0.1) is 4.92 Å². The van der Waals surface area contributed by atoms with Gasteiger partial charge >= 0.3 is 5.97 Å². The van der Waals surface area contributed by atoms with Gasteiger partial charge < -0.3 is 15.7 Å². The van der Waals surface area contributed by atoms with Crippen LogP contribution in [0.2, 0.25) is 0 Å². The van der Waals surface area contributed by atoms with Crippen molar-refractivity contribution >= 4 is 17.6 Å². The lowest BCUT2D eigenvalue weighted by molar-refractivity contribution is -0.385. The summed E-state index contributed by atoms with van der Waals surface area (Å²) in [5.41, 5.74) is 4.89. The van der Waals surface area contributed by atoms with Gasteiger partial charge in [-0.2, -0.15) is 0 Å². The topological polar surface area (TPSA) is 127 Å². The van der Waals surface area contributed by atoms with E-state index in [-0.39, 0.29) is 36.7 Å². The molecule has 21 heavy (non-hydrogen) atoms. The third-order valence-corrected chi connectivity index (χ3v) is 3.65.